The summed E-state index contributed by atoms with van der Waals surface area (Å²) in [4.78, 5) is 11.3. The van der Waals surface area contributed by atoms with E-state index in [4.69, 9.17) is 4.74 Å². The molecule has 4 aliphatic carbocycles. The van der Waals surface area contributed by atoms with Gasteiger partial charge in [0.15, 0.2) is 0 Å². The van der Waals surface area contributed by atoms with E-state index in [1.54, 1.807) is 0 Å². The molecule has 3 heteroatoms. The SMILES string of the molecule is CCC(CCOc1cc(C)ccc1C12CC3CC(CC(C3)C1)C2)C(=O)O. The van der Waals surface area contributed by atoms with Gasteiger partial charge in [-0.25, -0.2) is 0 Å². The van der Waals surface area contributed by atoms with Crippen molar-refractivity contribution in [1.82, 2.24) is 0 Å². The molecule has 4 fully saturated rings. The molecule has 4 saturated carbocycles. The van der Waals surface area contributed by atoms with Crippen molar-refractivity contribution in [3.63, 3.8) is 0 Å². The van der Waals surface area contributed by atoms with Crippen molar-refractivity contribution < 1.29 is 14.6 Å². The normalized spacial score (nSPS) is 33.2. The van der Waals surface area contributed by atoms with E-state index < -0.39 is 5.97 Å². The van der Waals surface area contributed by atoms with Gasteiger partial charge >= 0.3 is 5.97 Å². The quantitative estimate of drug-likeness (QED) is 0.717. The summed E-state index contributed by atoms with van der Waals surface area (Å²) in [7, 11) is 0. The first kappa shape index (κ1) is 17.9. The van der Waals surface area contributed by atoms with Crippen LogP contribution < -0.4 is 4.74 Å². The van der Waals surface area contributed by atoms with Crippen LogP contribution in [0.15, 0.2) is 18.2 Å². The molecule has 1 aromatic rings. The van der Waals surface area contributed by atoms with Gasteiger partial charge in [-0.3, -0.25) is 4.79 Å². The molecule has 1 aromatic carbocycles. The lowest BCUT2D eigenvalue weighted by Gasteiger charge is -2.57. The molecule has 1 unspecified atom stereocenters. The van der Waals surface area contributed by atoms with Crippen molar-refractivity contribution in [2.45, 2.75) is 70.6 Å². The first-order valence-corrected chi connectivity index (χ1v) is 10.5. The predicted molar refractivity (Wildman–Crippen MR) is 103 cm³/mol. The van der Waals surface area contributed by atoms with Gasteiger partial charge in [0.25, 0.3) is 0 Å². The average Bonchev–Trinajstić information content (AvgIpc) is 2.57. The number of benzene rings is 1. The van der Waals surface area contributed by atoms with Crippen LogP contribution in [-0.2, 0) is 10.2 Å². The zero-order valence-electron chi connectivity index (χ0n) is 16.2. The van der Waals surface area contributed by atoms with E-state index in [1.807, 2.05) is 6.92 Å². The lowest BCUT2D eigenvalue weighted by molar-refractivity contribution is -0.142. The number of rotatable bonds is 7. The van der Waals surface area contributed by atoms with E-state index in [0.29, 0.717) is 24.9 Å². The number of aliphatic carboxylic acids is 1. The maximum absolute atomic E-state index is 11.3. The largest absolute Gasteiger partial charge is 0.493 e. The second-order valence-corrected chi connectivity index (χ2v) is 9.28. The minimum absolute atomic E-state index is 0.303. The Morgan fingerprint density at radius 3 is 2.35 bits per heavy atom. The summed E-state index contributed by atoms with van der Waals surface area (Å²) in [5, 5.41) is 9.27. The Bertz CT molecular complexity index is 643. The van der Waals surface area contributed by atoms with E-state index in [9.17, 15) is 9.90 Å². The highest BCUT2D eigenvalue weighted by molar-refractivity contribution is 5.69. The van der Waals surface area contributed by atoms with E-state index >= 15 is 0 Å². The van der Waals surface area contributed by atoms with E-state index in [0.717, 1.165) is 23.5 Å². The Morgan fingerprint density at radius 1 is 1.19 bits per heavy atom. The molecule has 0 aliphatic heterocycles. The van der Waals surface area contributed by atoms with Crippen molar-refractivity contribution in [1.29, 1.82) is 0 Å². The predicted octanol–water partition coefficient (Wildman–Crippen LogP) is 5.34. The van der Waals surface area contributed by atoms with Crippen LogP contribution in [0.1, 0.15) is 69.4 Å². The van der Waals surface area contributed by atoms with E-state index in [1.165, 1.54) is 49.7 Å². The summed E-state index contributed by atoms with van der Waals surface area (Å²) >= 11 is 0. The van der Waals surface area contributed by atoms with Gasteiger partial charge in [-0.1, -0.05) is 19.1 Å². The molecule has 4 bridgehead atoms. The van der Waals surface area contributed by atoms with Crippen molar-refractivity contribution >= 4 is 5.97 Å². The number of carbonyl (C=O) groups is 1. The lowest BCUT2D eigenvalue weighted by Crippen LogP contribution is -2.48. The second-order valence-electron chi connectivity index (χ2n) is 9.28. The third kappa shape index (κ3) is 3.25. The lowest BCUT2D eigenvalue weighted by atomic mass is 9.48. The Labute approximate surface area is 157 Å². The smallest absolute Gasteiger partial charge is 0.306 e. The van der Waals surface area contributed by atoms with Gasteiger partial charge < -0.3 is 9.84 Å². The van der Waals surface area contributed by atoms with Crippen LogP contribution in [0.4, 0.5) is 0 Å². The standard InChI is InChI=1S/C23H32O3/c1-3-19(22(24)25)6-7-26-21-8-15(2)4-5-20(21)23-12-16-9-17(13-23)11-18(10-16)14-23/h4-5,8,16-19H,3,6-7,9-14H2,1-2H3,(H,24,25). The third-order valence-corrected chi connectivity index (χ3v) is 7.31. The number of aryl methyl sites for hydroxylation is 1. The van der Waals surface area contributed by atoms with Crippen LogP contribution in [-0.4, -0.2) is 17.7 Å². The molecule has 3 nitrogen and oxygen atoms in total. The molecule has 142 valence electrons. The van der Waals surface area contributed by atoms with Crippen LogP contribution in [0.5, 0.6) is 5.75 Å². The van der Waals surface area contributed by atoms with Gasteiger partial charge in [-0.2, -0.15) is 0 Å². The molecule has 4 aliphatic rings. The van der Waals surface area contributed by atoms with Crippen LogP contribution in [0.2, 0.25) is 0 Å². The molecule has 1 N–H and O–H groups in total. The van der Waals surface area contributed by atoms with Crippen LogP contribution in [0.25, 0.3) is 0 Å². The minimum atomic E-state index is -0.707. The molecular weight excluding hydrogens is 324 g/mol. The van der Waals surface area contributed by atoms with Crippen molar-refractivity contribution in [2.24, 2.45) is 23.7 Å². The zero-order valence-corrected chi connectivity index (χ0v) is 16.2. The maximum Gasteiger partial charge on any atom is 0.306 e. The summed E-state index contributed by atoms with van der Waals surface area (Å²) < 4.78 is 6.23. The number of hydrogen-bond donors (Lipinski definition) is 1. The fourth-order valence-electron chi connectivity index (χ4n) is 6.44. The first-order valence-electron chi connectivity index (χ1n) is 10.5. The number of carboxylic acids is 1. The van der Waals surface area contributed by atoms with Gasteiger partial charge in [-0.05, 0) is 93.1 Å². The molecule has 5 rings (SSSR count). The van der Waals surface area contributed by atoms with Gasteiger partial charge in [0.05, 0.1) is 12.5 Å². The van der Waals surface area contributed by atoms with Gasteiger partial charge in [0.1, 0.15) is 5.75 Å². The van der Waals surface area contributed by atoms with Crippen LogP contribution in [0, 0.1) is 30.6 Å². The van der Waals surface area contributed by atoms with Crippen molar-refractivity contribution in [3.05, 3.63) is 29.3 Å². The van der Waals surface area contributed by atoms with Crippen molar-refractivity contribution in [3.8, 4) is 5.75 Å². The second kappa shape index (κ2) is 6.90. The highest BCUT2D eigenvalue weighted by Gasteiger charge is 2.52. The number of hydrogen-bond acceptors (Lipinski definition) is 2. The van der Waals surface area contributed by atoms with Gasteiger partial charge in [-0.15, -0.1) is 0 Å². The van der Waals surface area contributed by atoms with Gasteiger partial charge in [0, 0.05) is 5.56 Å². The average molecular weight is 357 g/mol. The van der Waals surface area contributed by atoms with Crippen LogP contribution in [0.3, 0.4) is 0 Å². The van der Waals surface area contributed by atoms with Crippen molar-refractivity contribution in [2.75, 3.05) is 6.61 Å². The fourth-order valence-corrected chi connectivity index (χ4v) is 6.44. The van der Waals surface area contributed by atoms with E-state index in [-0.39, 0.29) is 5.92 Å². The Balaban J connectivity index is 1.55. The summed E-state index contributed by atoms with van der Waals surface area (Å²) in [5.41, 5.74) is 2.94. The third-order valence-electron chi connectivity index (χ3n) is 7.31. The highest BCUT2D eigenvalue weighted by Crippen LogP contribution is 2.61. The molecule has 0 amide bonds. The highest BCUT2D eigenvalue weighted by atomic mass is 16.5. The minimum Gasteiger partial charge on any atom is -0.493 e. The molecule has 26 heavy (non-hydrogen) atoms. The number of ether oxygens (including phenoxy) is 1. The Morgan fingerprint density at radius 2 is 1.81 bits per heavy atom. The first-order chi connectivity index (χ1) is 12.5. The summed E-state index contributed by atoms with van der Waals surface area (Å²) in [6.45, 7) is 4.54. The number of carboxylic acid groups (broad SMARTS) is 1. The van der Waals surface area contributed by atoms with E-state index in [2.05, 4.69) is 25.1 Å². The zero-order chi connectivity index (χ0) is 18.3. The molecule has 1 atom stereocenters. The monoisotopic (exact) mass is 356 g/mol. The maximum atomic E-state index is 11.3. The topological polar surface area (TPSA) is 46.5 Å². The molecule has 0 spiro atoms. The molecule has 0 heterocycles. The fraction of sp³-hybridized carbons (Fsp3) is 0.696. The molecule has 0 saturated heterocycles. The summed E-state index contributed by atoms with van der Waals surface area (Å²) in [5.74, 6) is 2.74. The molecule has 0 radical (unpaired) electrons. The Kier molecular flexibility index (Phi) is 4.75. The summed E-state index contributed by atoms with van der Waals surface area (Å²) in [6.07, 6.45) is 9.55. The van der Waals surface area contributed by atoms with Crippen LogP contribution >= 0.6 is 0 Å². The van der Waals surface area contributed by atoms with Gasteiger partial charge in [0.2, 0.25) is 0 Å². The molecular formula is C23H32O3. The summed E-state index contributed by atoms with van der Waals surface area (Å²) in [6, 6.07) is 6.72. The molecule has 0 aromatic heterocycles. The Hall–Kier alpha value is -1.51.